The maximum absolute atomic E-state index is 11.4. The number of carboxylic acids is 1. The zero-order valence-corrected chi connectivity index (χ0v) is 14.2. The van der Waals surface area contributed by atoms with Crippen LogP contribution >= 0.6 is 0 Å². The molecule has 4 nitrogen and oxygen atoms in total. The first-order chi connectivity index (χ1) is 11.5. The van der Waals surface area contributed by atoms with Gasteiger partial charge in [0.05, 0.1) is 18.6 Å². The predicted molar refractivity (Wildman–Crippen MR) is 95.6 cm³/mol. The van der Waals surface area contributed by atoms with E-state index >= 15 is 0 Å². The molecule has 1 N–H and O–H groups in total. The van der Waals surface area contributed by atoms with Crippen LogP contribution in [-0.4, -0.2) is 37.4 Å². The van der Waals surface area contributed by atoms with Crippen molar-refractivity contribution in [1.82, 2.24) is 0 Å². The molecule has 0 atom stereocenters. The zero-order valence-electron chi connectivity index (χ0n) is 14.2. The van der Waals surface area contributed by atoms with E-state index in [4.69, 9.17) is 4.74 Å². The van der Waals surface area contributed by atoms with E-state index in [-0.39, 0.29) is 0 Å². The van der Waals surface area contributed by atoms with Gasteiger partial charge in [-0.25, -0.2) is 0 Å². The summed E-state index contributed by atoms with van der Waals surface area (Å²) in [5.41, 5.74) is 3.37. The molecule has 0 unspecified atom stereocenters. The number of carbonyl (C=O) groups is 1. The fourth-order valence-corrected chi connectivity index (χ4v) is 2.89. The molecule has 24 heavy (non-hydrogen) atoms. The van der Waals surface area contributed by atoms with Crippen molar-refractivity contribution in [2.75, 3.05) is 31.2 Å². The molecule has 126 valence electrons. The molecule has 4 heteroatoms. The molecular formula is C20H23NO3. The molecule has 1 saturated heterocycles. The number of carboxylic acid groups (broad SMARTS) is 1. The Morgan fingerprint density at radius 1 is 0.958 bits per heavy atom. The first-order valence-electron chi connectivity index (χ1n) is 8.25. The summed E-state index contributed by atoms with van der Waals surface area (Å²) in [6.07, 6.45) is 0. The summed E-state index contributed by atoms with van der Waals surface area (Å²) in [4.78, 5) is 13.7. The number of anilines is 1. The third-order valence-corrected chi connectivity index (χ3v) is 4.72. The number of benzene rings is 2. The van der Waals surface area contributed by atoms with Gasteiger partial charge in [0.1, 0.15) is 0 Å². The standard InChI is InChI=1S/C20H23NO3/c1-20(2,19(22)23)17-7-3-15(4-8-17)16-5-9-18(10-6-16)21-11-13-24-14-12-21/h3-10H,11-14H2,1-2H3,(H,22,23). The van der Waals surface area contributed by atoms with Gasteiger partial charge in [-0.2, -0.15) is 0 Å². The van der Waals surface area contributed by atoms with Crippen molar-refractivity contribution in [1.29, 1.82) is 0 Å². The maximum Gasteiger partial charge on any atom is 0.313 e. The second-order valence-electron chi connectivity index (χ2n) is 6.65. The molecule has 0 spiro atoms. The highest BCUT2D eigenvalue weighted by Gasteiger charge is 2.29. The van der Waals surface area contributed by atoms with E-state index in [1.54, 1.807) is 13.8 Å². The normalized spacial score (nSPS) is 15.3. The first-order valence-corrected chi connectivity index (χ1v) is 8.25. The Kier molecular flexibility index (Phi) is 4.58. The second kappa shape index (κ2) is 6.65. The first kappa shape index (κ1) is 16.5. The molecule has 0 radical (unpaired) electrons. The lowest BCUT2D eigenvalue weighted by Gasteiger charge is -2.29. The van der Waals surface area contributed by atoms with E-state index in [1.165, 1.54) is 5.69 Å². The Labute approximate surface area is 142 Å². The molecule has 2 aromatic carbocycles. The molecule has 1 fully saturated rings. The predicted octanol–water partition coefficient (Wildman–Crippen LogP) is 3.55. The zero-order chi connectivity index (χ0) is 17.2. The van der Waals surface area contributed by atoms with Crippen molar-refractivity contribution < 1.29 is 14.6 Å². The van der Waals surface area contributed by atoms with Gasteiger partial charge < -0.3 is 14.7 Å². The summed E-state index contributed by atoms with van der Waals surface area (Å²) in [5, 5.41) is 9.32. The van der Waals surface area contributed by atoms with Crippen molar-refractivity contribution in [3.63, 3.8) is 0 Å². The van der Waals surface area contributed by atoms with Gasteiger partial charge in [0.15, 0.2) is 0 Å². The quantitative estimate of drug-likeness (QED) is 0.934. The smallest absolute Gasteiger partial charge is 0.313 e. The number of hydrogen-bond acceptors (Lipinski definition) is 3. The van der Waals surface area contributed by atoms with Crippen molar-refractivity contribution in [3.05, 3.63) is 54.1 Å². The number of aliphatic carboxylic acids is 1. The summed E-state index contributed by atoms with van der Waals surface area (Å²) in [5.74, 6) is -0.815. The van der Waals surface area contributed by atoms with Gasteiger partial charge in [-0.1, -0.05) is 36.4 Å². The van der Waals surface area contributed by atoms with Crippen molar-refractivity contribution in [2.45, 2.75) is 19.3 Å². The lowest BCUT2D eigenvalue weighted by Crippen LogP contribution is -2.36. The van der Waals surface area contributed by atoms with Crippen molar-refractivity contribution >= 4 is 11.7 Å². The average Bonchev–Trinajstić information content (AvgIpc) is 2.62. The average molecular weight is 325 g/mol. The Balaban J connectivity index is 1.78. The van der Waals surface area contributed by atoms with Crippen LogP contribution < -0.4 is 4.90 Å². The van der Waals surface area contributed by atoms with Gasteiger partial charge in [0, 0.05) is 18.8 Å². The number of rotatable bonds is 4. The van der Waals surface area contributed by atoms with E-state index in [1.807, 2.05) is 24.3 Å². The summed E-state index contributed by atoms with van der Waals surface area (Å²) in [6.45, 7) is 6.87. The van der Waals surface area contributed by atoms with Crippen LogP contribution in [0.4, 0.5) is 5.69 Å². The van der Waals surface area contributed by atoms with E-state index in [2.05, 4.69) is 29.2 Å². The minimum absolute atomic E-state index is 0.780. The molecule has 1 aliphatic rings. The van der Waals surface area contributed by atoms with Crippen LogP contribution in [0.2, 0.25) is 0 Å². The molecule has 0 aliphatic carbocycles. The van der Waals surface area contributed by atoms with Gasteiger partial charge in [-0.05, 0) is 42.7 Å². The van der Waals surface area contributed by atoms with Crippen molar-refractivity contribution in [2.24, 2.45) is 0 Å². The van der Waals surface area contributed by atoms with E-state index in [9.17, 15) is 9.90 Å². The Morgan fingerprint density at radius 3 is 1.96 bits per heavy atom. The summed E-state index contributed by atoms with van der Waals surface area (Å²) < 4.78 is 5.39. The Morgan fingerprint density at radius 2 is 1.46 bits per heavy atom. The minimum Gasteiger partial charge on any atom is -0.481 e. The molecular weight excluding hydrogens is 302 g/mol. The van der Waals surface area contributed by atoms with Crippen LogP contribution in [0, 0.1) is 0 Å². The fraction of sp³-hybridized carbons (Fsp3) is 0.350. The van der Waals surface area contributed by atoms with E-state index < -0.39 is 11.4 Å². The van der Waals surface area contributed by atoms with Crippen LogP contribution in [0.5, 0.6) is 0 Å². The molecule has 2 aromatic rings. The van der Waals surface area contributed by atoms with Crippen molar-refractivity contribution in [3.8, 4) is 11.1 Å². The molecule has 0 aromatic heterocycles. The molecule has 0 amide bonds. The molecule has 0 bridgehead atoms. The highest BCUT2D eigenvalue weighted by Crippen LogP contribution is 2.28. The third-order valence-electron chi connectivity index (χ3n) is 4.72. The van der Waals surface area contributed by atoms with Gasteiger partial charge >= 0.3 is 5.97 Å². The van der Waals surface area contributed by atoms with Crippen LogP contribution in [0.1, 0.15) is 19.4 Å². The largest absolute Gasteiger partial charge is 0.481 e. The number of ether oxygens (including phenoxy) is 1. The van der Waals surface area contributed by atoms with E-state index in [0.717, 1.165) is 43.0 Å². The summed E-state index contributed by atoms with van der Waals surface area (Å²) >= 11 is 0. The van der Waals surface area contributed by atoms with Gasteiger partial charge in [-0.15, -0.1) is 0 Å². The molecule has 0 saturated carbocycles. The lowest BCUT2D eigenvalue weighted by molar-refractivity contribution is -0.142. The summed E-state index contributed by atoms with van der Waals surface area (Å²) in [7, 11) is 0. The Bertz CT molecular complexity index is 699. The van der Waals surface area contributed by atoms with Gasteiger partial charge in [0.25, 0.3) is 0 Å². The lowest BCUT2D eigenvalue weighted by atomic mass is 9.84. The SMILES string of the molecule is CC(C)(C(=O)O)c1ccc(-c2ccc(N3CCOCC3)cc2)cc1. The number of nitrogens with zero attached hydrogens (tertiary/aromatic N) is 1. The van der Waals surface area contributed by atoms with E-state index in [0.29, 0.717) is 0 Å². The Hall–Kier alpha value is -2.33. The van der Waals surface area contributed by atoms with Crippen LogP contribution in [0.25, 0.3) is 11.1 Å². The molecule has 1 heterocycles. The number of morpholine rings is 1. The fourth-order valence-electron chi connectivity index (χ4n) is 2.89. The monoisotopic (exact) mass is 325 g/mol. The minimum atomic E-state index is -0.876. The van der Waals surface area contributed by atoms with Crippen LogP contribution in [0.15, 0.2) is 48.5 Å². The third kappa shape index (κ3) is 3.29. The molecule has 1 aliphatic heterocycles. The molecule has 3 rings (SSSR count). The maximum atomic E-state index is 11.4. The van der Waals surface area contributed by atoms with Gasteiger partial charge in [0.2, 0.25) is 0 Å². The highest BCUT2D eigenvalue weighted by molar-refractivity contribution is 5.80. The van der Waals surface area contributed by atoms with Gasteiger partial charge in [-0.3, -0.25) is 4.79 Å². The topological polar surface area (TPSA) is 49.8 Å². The highest BCUT2D eigenvalue weighted by atomic mass is 16.5. The number of hydrogen-bond donors (Lipinski definition) is 1. The van der Waals surface area contributed by atoms with Crippen LogP contribution in [0.3, 0.4) is 0 Å². The summed E-state index contributed by atoms with van der Waals surface area (Å²) in [6, 6.07) is 16.3. The van der Waals surface area contributed by atoms with Crippen LogP contribution in [-0.2, 0) is 14.9 Å². The second-order valence-corrected chi connectivity index (χ2v) is 6.65.